The highest BCUT2D eigenvalue weighted by Gasteiger charge is 2.16. The van der Waals surface area contributed by atoms with Crippen LogP contribution in [-0.4, -0.2) is 15.9 Å². The Kier molecular flexibility index (Phi) is 6.02. The monoisotopic (exact) mass is 525 g/mol. The van der Waals surface area contributed by atoms with Gasteiger partial charge in [0.05, 0.1) is 26.1 Å². The van der Waals surface area contributed by atoms with Gasteiger partial charge in [-0.25, -0.2) is 9.37 Å². The number of H-pyrrole nitrogens is 1. The van der Waals surface area contributed by atoms with E-state index in [1.165, 1.54) is 12.1 Å². The fourth-order valence-electron chi connectivity index (χ4n) is 2.98. The quantitative estimate of drug-likeness (QED) is 0.293. The molecule has 0 spiro atoms. The first-order valence-corrected chi connectivity index (χ1v) is 10.6. The molecule has 1 amide bonds. The predicted octanol–water partition coefficient (Wildman–Crippen LogP) is 7.27. The number of amides is 1. The van der Waals surface area contributed by atoms with Crippen molar-refractivity contribution in [3.63, 3.8) is 0 Å². The molecule has 0 radical (unpaired) electrons. The van der Waals surface area contributed by atoms with Gasteiger partial charge in [0.25, 0.3) is 5.91 Å². The van der Waals surface area contributed by atoms with Crippen LogP contribution >= 0.6 is 50.7 Å². The van der Waals surface area contributed by atoms with Crippen LogP contribution in [0.15, 0.2) is 53.0 Å². The molecule has 4 nitrogen and oxygen atoms in total. The highest BCUT2D eigenvalue weighted by molar-refractivity contribution is 9.10. The molecule has 0 fully saturated rings. The standard InChI is InChI=1S/C21H12BrCl3FN3O/c22-13-5-4-10(6-17(13)26)27-21(30)12-7-18-19(9-16(12)25)29-20(28-18)8-11-14(23)2-1-3-15(11)24/h1-7,9H,8H2,(H,27,30)(H,28,29). The molecule has 4 aromatic rings. The molecule has 9 heteroatoms. The molecular weight excluding hydrogens is 516 g/mol. The van der Waals surface area contributed by atoms with Gasteiger partial charge in [-0.15, -0.1) is 0 Å². The van der Waals surface area contributed by atoms with Crippen LogP contribution < -0.4 is 5.32 Å². The van der Waals surface area contributed by atoms with Gasteiger partial charge in [0.1, 0.15) is 11.6 Å². The van der Waals surface area contributed by atoms with E-state index < -0.39 is 11.7 Å². The second kappa shape index (κ2) is 8.55. The van der Waals surface area contributed by atoms with Crippen molar-refractivity contribution >= 4 is 73.4 Å². The summed E-state index contributed by atoms with van der Waals surface area (Å²) < 4.78 is 14.0. The average molecular weight is 528 g/mol. The topological polar surface area (TPSA) is 57.8 Å². The summed E-state index contributed by atoms with van der Waals surface area (Å²) in [5, 5.41) is 3.96. The number of fused-ring (bicyclic) bond motifs is 1. The maximum absolute atomic E-state index is 13.7. The maximum Gasteiger partial charge on any atom is 0.257 e. The molecule has 152 valence electrons. The van der Waals surface area contributed by atoms with Gasteiger partial charge in [-0.3, -0.25) is 4.79 Å². The molecule has 0 aliphatic rings. The van der Waals surface area contributed by atoms with Gasteiger partial charge in [0.15, 0.2) is 0 Å². The molecule has 2 N–H and O–H groups in total. The number of nitrogens with zero attached hydrogens (tertiary/aromatic N) is 1. The lowest BCUT2D eigenvalue weighted by molar-refractivity contribution is 0.102. The van der Waals surface area contributed by atoms with Crippen LogP contribution in [0.4, 0.5) is 10.1 Å². The molecule has 0 atom stereocenters. The van der Waals surface area contributed by atoms with E-state index in [1.54, 1.807) is 36.4 Å². The number of benzene rings is 3. The highest BCUT2D eigenvalue weighted by Crippen LogP contribution is 2.29. The van der Waals surface area contributed by atoms with E-state index in [2.05, 4.69) is 31.2 Å². The summed E-state index contributed by atoms with van der Waals surface area (Å²) in [4.78, 5) is 20.4. The average Bonchev–Trinajstić information content (AvgIpc) is 3.08. The minimum Gasteiger partial charge on any atom is -0.342 e. The lowest BCUT2D eigenvalue weighted by Crippen LogP contribution is -2.12. The normalized spacial score (nSPS) is 11.1. The molecule has 3 aromatic carbocycles. The first-order valence-electron chi connectivity index (χ1n) is 8.69. The number of anilines is 1. The zero-order chi connectivity index (χ0) is 21.4. The van der Waals surface area contributed by atoms with Gasteiger partial charge in [-0.05, 0) is 64.0 Å². The SMILES string of the molecule is O=C(Nc1ccc(Br)c(F)c1)c1cc2nc(Cc3c(Cl)cccc3Cl)[nH]c2cc1Cl. The number of carbonyl (C=O) groups is 1. The van der Waals surface area contributed by atoms with E-state index >= 15 is 0 Å². The number of hydrogen-bond donors (Lipinski definition) is 2. The summed E-state index contributed by atoms with van der Waals surface area (Å²) in [5.41, 5.74) is 2.52. The van der Waals surface area contributed by atoms with Gasteiger partial charge >= 0.3 is 0 Å². The Morgan fingerprint density at radius 2 is 1.80 bits per heavy atom. The third-order valence-corrected chi connectivity index (χ3v) is 6.11. The second-order valence-electron chi connectivity index (χ2n) is 6.49. The van der Waals surface area contributed by atoms with E-state index in [9.17, 15) is 9.18 Å². The maximum atomic E-state index is 13.7. The molecule has 1 heterocycles. The van der Waals surface area contributed by atoms with Crippen molar-refractivity contribution in [1.29, 1.82) is 0 Å². The number of rotatable bonds is 4. The van der Waals surface area contributed by atoms with E-state index in [-0.39, 0.29) is 10.6 Å². The zero-order valence-electron chi connectivity index (χ0n) is 15.1. The number of aromatic amines is 1. The third-order valence-electron chi connectivity index (χ3n) is 4.45. The van der Waals surface area contributed by atoms with Crippen LogP contribution in [0.2, 0.25) is 15.1 Å². The van der Waals surface area contributed by atoms with E-state index in [0.717, 1.165) is 5.56 Å². The van der Waals surface area contributed by atoms with Crippen LogP contribution in [0.25, 0.3) is 11.0 Å². The van der Waals surface area contributed by atoms with Crippen molar-refractivity contribution < 1.29 is 9.18 Å². The number of carbonyl (C=O) groups excluding carboxylic acids is 1. The Morgan fingerprint density at radius 3 is 2.50 bits per heavy atom. The number of halogens is 5. The van der Waals surface area contributed by atoms with Gasteiger partial charge < -0.3 is 10.3 Å². The number of aromatic nitrogens is 2. The van der Waals surface area contributed by atoms with E-state index in [4.69, 9.17) is 34.8 Å². The molecule has 0 bridgehead atoms. The Hall–Kier alpha value is -2.12. The molecule has 0 aliphatic carbocycles. The molecule has 1 aromatic heterocycles. The number of imidazole rings is 1. The smallest absolute Gasteiger partial charge is 0.257 e. The second-order valence-corrected chi connectivity index (χ2v) is 8.57. The fourth-order valence-corrected chi connectivity index (χ4v) is 4.01. The van der Waals surface area contributed by atoms with Crippen LogP contribution in [-0.2, 0) is 6.42 Å². The van der Waals surface area contributed by atoms with Crippen molar-refractivity contribution in [2.24, 2.45) is 0 Å². The summed E-state index contributed by atoms with van der Waals surface area (Å²) in [5.74, 6) is -0.324. The summed E-state index contributed by atoms with van der Waals surface area (Å²) in [7, 11) is 0. The van der Waals surface area contributed by atoms with Crippen LogP contribution in [0, 0.1) is 5.82 Å². The lowest BCUT2D eigenvalue weighted by Gasteiger charge is -2.07. The number of nitrogens with one attached hydrogen (secondary N) is 2. The van der Waals surface area contributed by atoms with Gasteiger partial charge in [-0.2, -0.15) is 0 Å². The molecule has 4 rings (SSSR count). The van der Waals surface area contributed by atoms with Crippen molar-refractivity contribution in [2.45, 2.75) is 6.42 Å². The Labute approximate surface area is 194 Å². The van der Waals surface area contributed by atoms with E-state index in [1.807, 2.05) is 0 Å². The third kappa shape index (κ3) is 4.32. The Balaban J connectivity index is 1.63. The first-order chi connectivity index (χ1) is 14.3. The molecule has 0 aliphatic heterocycles. The molecule has 30 heavy (non-hydrogen) atoms. The fraction of sp³-hybridized carbons (Fsp3) is 0.0476. The van der Waals surface area contributed by atoms with Crippen molar-refractivity contribution in [3.8, 4) is 0 Å². The van der Waals surface area contributed by atoms with Gasteiger partial charge in [-0.1, -0.05) is 40.9 Å². The zero-order valence-corrected chi connectivity index (χ0v) is 18.9. The summed E-state index contributed by atoms with van der Waals surface area (Å²) in [6.45, 7) is 0. The first kappa shape index (κ1) is 21.1. The Bertz CT molecular complexity index is 1270. The van der Waals surface area contributed by atoms with Crippen LogP contribution in [0.3, 0.4) is 0 Å². The van der Waals surface area contributed by atoms with Crippen LogP contribution in [0.5, 0.6) is 0 Å². The predicted molar refractivity (Wildman–Crippen MR) is 122 cm³/mol. The minimum atomic E-state index is -0.482. The summed E-state index contributed by atoms with van der Waals surface area (Å²) in [6.07, 6.45) is 0.393. The summed E-state index contributed by atoms with van der Waals surface area (Å²) >= 11 is 21.9. The highest BCUT2D eigenvalue weighted by atomic mass is 79.9. The molecular formula is C21H12BrCl3FN3O. The van der Waals surface area contributed by atoms with Crippen molar-refractivity contribution in [2.75, 3.05) is 5.32 Å². The minimum absolute atomic E-state index is 0.223. The van der Waals surface area contributed by atoms with Gasteiger partial charge in [0, 0.05) is 22.2 Å². The number of hydrogen-bond acceptors (Lipinski definition) is 2. The van der Waals surface area contributed by atoms with Crippen molar-refractivity contribution in [3.05, 3.63) is 90.8 Å². The largest absolute Gasteiger partial charge is 0.342 e. The molecule has 0 unspecified atom stereocenters. The Morgan fingerprint density at radius 1 is 1.07 bits per heavy atom. The van der Waals surface area contributed by atoms with Gasteiger partial charge in [0.2, 0.25) is 0 Å². The van der Waals surface area contributed by atoms with Crippen LogP contribution in [0.1, 0.15) is 21.7 Å². The molecule has 0 saturated carbocycles. The summed E-state index contributed by atoms with van der Waals surface area (Å²) in [6, 6.07) is 12.8. The van der Waals surface area contributed by atoms with Crippen molar-refractivity contribution in [1.82, 2.24) is 9.97 Å². The lowest BCUT2D eigenvalue weighted by atomic mass is 10.1. The van der Waals surface area contributed by atoms with E-state index in [0.29, 0.717) is 43.5 Å². The molecule has 0 saturated heterocycles.